The molecule has 1 atom stereocenters. The minimum atomic E-state index is -0.200. The molecule has 178 valence electrons. The summed E-state index contributed by atoms with van der Waals surface area (Å²) in [5.74, 6) is 0.505. The first kappa shape index (κ1) is 22.9. The molecule has 2 aromatic carbocycles. The molecule has 3 aliphatic heterocycles. The van der Waals surface area contributed by atoms with E-state index in [4.69, 9.17) is 14.2 Å². The number of carbonyl (C=O) groups excluding carboxylic acids is 1. The van der Waals surface area contributed by atoms with Crippen molar-refractivity contribution in [3.05, 3.63) is 63.2 Å². The Hall–Kier alpha value is -2.92. The summed E-state index contributed by atoms with van der Waals surface area (Å²) in [6, 6.07) is 10.1. The van der Waals surface area contributed by atoms with Crippen molar-refractivity contribution in [2.24, 2.45) is 0 Å². The third kappa shape index (κ3) is 4.29. The summed E-state index contributed by atoms with van der Waals surface area (Å²) in [5, 5.41) is 9.39. The molecular weight excluding hydrogens is 430 g/mol. The van der Waals surface area contributed by atoms with Crippen LogP contribution in [-0.4, -0.2) is 68.8 Å². The van der Waals surface area contributed by atoms with Gasteiger partial charge in [0.25, 0.3) is 0 Å². The number of nitrogens with zero attached hydrogens (tertiary/aromatic N) is 3. The maximum absolute atomic E-state index is 11.8. The van der Waals surface area contributed by atoms with Crippen molar-refractivity contribution in [1.82, 2.24) is 9.80 Å². The van der Waals surface area contributed by atoms with Crippen LogP contribution in [0.3, 0.4) is 0 Å². The van der Waals surface area contributed by atoms with Crippen LogP contribution in [-0.2, 0) is 28.9 Å². The molecule has 0 radical (unpaired) electrons. The van der Waals surface area contributed by atoms with Gasteiger partial charge < -0.3 is 19.1 Å². The Morgan fingerprint density at radius 1 is 1.12 bits per heavy atom. The van der Waals surface area contributed by atoms with Gasteiger partial charge in [-0.25, -0.2) is 4.79 Å². The number of esters is 1. The Balaban J connectivity index is 1.16. The van der Waals surface area contributed by atoms with Crippen molar-refractivity contribution < 1.29 is 19.0 Å². The van der Waals surface area contributed by atoms with E-state index in [-0.39, 0.29) is 12.1 Å². The summed E-state index contributed by atoms with van der Waals surface area (Å²) >= 11 is 0. The van der Waals surface area contributed by atoms with E-state index < -0.39 is 0 Å². The lowest BCUT2D eigenvalue weighted by Crippen LogP contribution is -2.48. The second-order valence-corrected chi connectivity index (χ2v) is 9.28. The van der Waals surface area contributed by atoms with Crippen LogP contribution in [0.5, 0.6) is 5.75 Å². The molecule has 0 amide bonds. The van der Waals surface area contributed by atoms with Crippen LogP contribution in [0.4, 0.5) is 0 Å². The van der Waals surface area contributed by atoms with Gasteiger partial charge >= 0.3 is 5.97 Å². The molecular formula is C27H31N3O4. The first-order valence-corrected chi connectivity index (χ1v) is 12.0. The molecule has 0 spiro atoms. The Bertz CT molecular complexity index is 1130. The number of hydrogen-bond donors (Lipinski definition) is 0. The minimum Gasteiger partial charge on any atom is -0.495 e. The van der Waals surface area contributed by atoms with Crippen LogP contribution in [0.15, 0.2) is 24.3 Å². The van der Waals surface area contributed by atoms with E-state index in [0.29, 0.717) is 24.5 Å². The van der Waals surface area contributed by atoms with E-state index in [1.54, 1.807) is 7.11 Å². The Morgan fingerprint density at radius 3 is 2.68 bits per heavy atom. The zero-order valence-electron chi connectivity index (χ0n) is 19.9. The van der Waals surface area contributed by atoms with Crippen molar-refractivity contribution in [3.8, 4) is 11.8 Å². The second kappa shape index (κ2) is 9.75. The highest BCUT2D eigenvalue weighted by Gasteiger charge is 2.29. The molecule has 0 saturated carbocycles. The fourth-order valence-electron chi connectivity index (χ4n) is 5.45. The van der Waals surface area contributed by atoms with E-state index in [9.17, 15) is 10.1 Å². The highest BCUT2D eigenvalue weighted by atomic mass is 16.5. The molecule has 0 bridgehead atoms. The Kier molecular flexibility index (Phi) is 6.55. The molecule has 0 N–H and O–H groups in total. The minimum absolute atomic E-state index is 0.0101. The van der Waals surface area contributed by atoms with E-state index >= 15 is 0 Å². The molecule has 3 heterocycles. The summed E-state index contributed by atoms with van der Waals surface area (Å²) < 4.78 is 16.9. The Morgan fingerprint density at radius 2 is 1.91 bits per heavy atom. The maximum Gasteiger partial charge on any atom is 0.338 e. The van der Waals surface area contributed by atoms with Gasteiger partial charge in [0.1, 0.15) is 18.4 Å². The number of fused-ring (bicyclic) bond motifs is 2. The van der Waals surface area contributed by atoms with E-state index in [1.807, 2.05) is 18.2 Å². The fraction of sp³-hybridized carbons (Fsp3) is 0.481. The molecule has 0 aromatic heterocycles. The van der Waals surface area contributed by atoms with Crippen LogP contribution in [0.2, 0.25) is 0 Å². The van der Waals surface area contributed by atoms with Gasteiger partial charge in [0.15, 0.2) is 0 Å². The van der Waals surface area contributed by atoms with Gasteiger partial charge in [0, 0.05) is 50.4 Å². The van der Waals surface area contributed by atoms with Gasteiger partial charge in [0.05, 0.1) is 30.9 Å². The number of hydrogen-bond acceptors (Lipinski definition) is 7. The lowest BCUT2D eigenvalue weighted by Gasteiger charge is -2.38. The van der Waals surface area contributed by atoms with Gasteiger partial charge in [-0.05, 0) is 48.6 Å². The quantitative estimate of drug-likeness (QED) is 0.612. The number of carbonyl (C=O) groups is 1. The number of nitriles is 1. The van der Waals surface area contributed by atoms with Crippen LogP contribution >= 0.6 is 0 Å². The molecule has 1 unspecified atom stereocenters. The molecule has 34 heavy (non-hydrogen) atoms. The van der Waals surface area contributed by atoms with Gasteiger partial charge in [-0.15, -0.1) is 0 Å². The SMILES string of the molecule is COc1c(C#N)ccc2c1CCOC2CN1CCN(CCc2ccc3c(c2C)COC3=O)CC1. The van der Waals surface area contributed by atoms with Crippen molar-refractivity contribution in [2.75, 3.05) is 53.0 Å². The molecule has 2 aromatic rings. The van der Waals surface area contributed by atoms with Crippen molar-refractivity contribution in [1.29, 1.82) is 5.26 Å². The molecule has 3 aliphatic rings. The highest BCUT2D eigenvalue weighted by molar-refractivity contribution is 5.93. The van der Waals surface area contributed by atoms with Crippen molar-refractivity contribution in [3.63, 3.8) is 0 Å². The molecule has 7 heteroatoms. The molecule has 0 aliphatic carbocycles. The number of piperazine rings is 1. The standard InChI is InChI=1S/C27H31N3O4/c1-18-19(3-6-23-24(18)17-34-27(23)31)7-9-29-10-12-30(13-11-29)16-25-21-5-4-20(15-28)26(32-2)22(21)8-14-33-25/h3-6,25H,7-14,16-17H2,1-2H3. The third-order valence-electron chi connectivity index (χ3n) is 7.50. The third-order valence-corrected chi connectivity index (χ3v) is 7.50. The largest absolute Gasteiger partial charge is 0.495 e. The predicted octanol–water partition coefficient (Wildman–Crippen LogP) is 3.02. The van der Waals surface area contributed by atoms with Crippen LogP contribution in [0.1, 0.15) is 49.8 Å². The number of ether oxygens (including phenoxy) is 3. The predicted molar refractivity (Wildman–Crippen MR) is 127 cm³/mol. The topological polar surface area (TPSA) is 75.0 Å². The number of benzene rings is 2. The van der Waals surface area contributed by atoms with E-state index in [0.717, 1.165) is 74.4 Å². The zero-order chi connectivity index (χ0) is 23.7. The first-order chi connectivity index (χ1) is 16.6. The van der Waals surface area contributed by atoms with Crippen LogP contribution < -0.4 is 4.74 Å². The van der Waals surface area contributed by atoms with Gasteiger partial charge in [-0.3, -0.25) is 4.90 Å². The maximum atomic E-state index is 11.8. The molecule has 5 rings (SSSR count). The smallest absolute Gasteiger partial charge is 0.338 e. The number of methoxy groups -OCH3 is 1. The average Bonchev–Trinajstić information content (AvgIpc) is 3.25. The van der Waals surface area contributed by atoms with Crippen LogP contribution in [0, 0.1) is 18.3 Å². The summed E-state index contributed by atoms with van der Waals surface area (Å²) in [5.41, 5.74) is 7.14. The van der Waals surface area contributed by atoms with Gasteiger partial charge in [0.2, 0.25) is 0 Å². The Labute approximate surface area is 200 Å². The molecule has 1 saturated heterocycles. The molecule has 1 fully saturated rings. The van der Waals surface area contributed by atoms with Crippen molar-refractivity contribution >= 4 is 5.97 Å². The lowest BCUT2D eigenvalue weighted by atomic mass is 9.93. The summed E-state index contributed by atoms with van der Waals surface area (Å²) in [4.78, 5) is 16.8. The number of cyclic esters (lactones) is 1. The monoisotopic (exact) mass is 461 g/mol. The highest BCUT2D eigenvalue weighted by Crippen LogP contribution is 2.36. The van der Waals surface area contributed by atoms with E-state index in [1.165, 1.54) is 11.1 Å². The van der Waals surface area contributed by atoms with Gasteiger partial charge in [-0.2, -0.15) is 5.26 Å². The normalized spacial score (nSPS) is 20.4. The first-order valence-electron chi connectivity index (χ1n) is 12.0. The summed E-state index contributed by atoms with van der Waals surface area (Å²) in [6.45, 7) is 9.10. The van der Waals surface area contributed by atoms with Gasteiger partial charge in [-0.1, -0.05) is 12.1 Å². The summed E-state index contributed by atoms with van der Waals surface area (Å²) in [7, 11) is 1.64. The lowest BCUT2D eigenvalue weighted by molar-refractivity contribution is 0.00421. The average molecular weight is 462 g/mol. The zero-order valence-corrected chi connectivity index (χ0v) is 19.9. The number of rotatable bonds is 6. The summed E-state index contributed by atoms with van der Waals surface area (Å²) in [6.07, 6.45) is 1.77. The van der Waals surface area contributed by atoms with Crippen molar-refractivity contribution in [2.45, 2.75) is 32.5 Å². The second-order valence-electron chi connectivity index (χ2n) is 9.28. The fourth-order valence-corrected chi connectivity index (χ4v) is 5.45. The van der Waals surface area contributed by atoms with E-state index in [2.05, 4.69) is 28.9 Å². The van der Waals surface area contributed by atoms with Crippen LogP contribution in [0.25, 0.3) is 0 Å². The molecule has 7 nitrogen and oxygen atoms in total.